The van der Waals surface area contributed by atoms with Crippen LogP contribution >= 0.6 is 15.9 Å². The molecule has 1 N–H and O–H groups in total. The molecule has 0 aromatic carbocycles. The van der Waals surface area contributed by atoms with E-state index in [1.807, 2.05) is 11.8 Å². The zero-order valence-corrected chi connectivity index (χ0v) is 13.9. The predicted molar refractivity (Wildman–Crippen MR) is 80.9 cm³/mol. The first-order valence-electron chi connectivity index (χ1n) is 7.19. The Morgan fingerprint density at radius 2 is 2.35 bits per heavy atom. The Balaban J connectivity index is 2.11. The molecular weight excluding hydrogens is 322 g/mol. The molecule has 2 rings (SSSR count). The van der Waals surface area contributed by atoms with Gasteiger partial charge in [0.1, 0.15) is 0 Å². The standard InChI is InChI=1S/C14H22BrN3O2/c1-4-20-10-6-5-7-18(8-10)14(19)13-11(15)12(9(2)3)16-17-13/h9-10H,4-8H2,1-3H3,(H,16,17)/t10-/m1/s1. The molecule has 0 unspecified atom stereocenters. The summed E-state index contributed by atoms with van der Waals surface area (Å²) in [4.78, 5) is 14.4. The fourth-order valence-electron chi connectivity index (χ4n) is 2.51. The van der Waals surface area contributed by atoms with E-state index in [0.717, 1.165) is 29.6 Å². The number of carbonyl (C=O) groups is 1. The highest BCUT2D eigenvalue weighted by Crippen LogP contribution is 2.27. The molecule has 1 aliphatic rings. The fourth-order valence-corrected chi connectivity index (χ4v) is 3.32. The monoisotopic (exact) mass is 343 g/mol. The van der Waals surface area contributed by atoms with Crippen LogP contribution in [0.15, 0.2) is 4.47 Å². The van der Waals surface area contributed by atoms with Gasteiger partial charge in [0.2, 0.25) is 0 Å². The van der Waals surface area contributed by atoms with Gasteiger partial charge < -0.3 is 9.64 Å². The Bertz CT molecular complexity index is 471. The summed E-state index contributed by atoms with van der Waals surface area (Å²) in [7, 11) is 0. The third-order valence-corrected chi connectivity index (χ3v) is 4.38. The second kappa shape index (κ2) is 6.72. The lowest BCUT2D eigenvalue weighted by Crippen LogP contribution is -2.43. The van der Waals surface area contributed by atoms with Crippen LogP contribution in [0.3, 0.4) is 0 Å². The number of piperidine rings is 1. The van der Waals surface area contributed by atoms with E-state index in [1.165, 1.54) is 0 Å². The van der Waals surface area contributed by atoms with Gasteiger partial charge >= 0.3 is 0 Å². The molecule has 1 amide bonds. The number of halogens is 1. The van der Waals surface area contributed by atoms with E-state index in [0.29, 0.717) is 24.8 Å². The maximum absolute atomic E-state index is 12.6. The van der Waals surface area contributed by atoms with Crippen LogP contribution in [0.4, 0.5) is 0 Å². The predicted octanol–water partition coefficient (Wildman–Crippen LogP) is 2.94. The summed E-state index contributed by atoms with van der Waals surface area (Å²) in [6.45, 7) is 8.25. The van der Waals surface area contributed by atoms with Gasteiger partial charge in [-0.3, -0.25) is 9.89 Å². The number of aromatic nitrogens is 2. The summed E-state index contributed by atoms with van der Waals surface area (Å²) >= 11 is 3.49. The molecule has 1 atom stereocenters. The lowest BCUT2D eigenvalue weighted by molar-refractivity contribution is 0.00699. The maximum atomic E-state index is 12.6. The highest BCUT2D eigenvalue weighted by atomic mass is 79.9. The number of hydrogen-bond acceptors (Lipinski definition) is 3. The Morgan fingerprint density at radius 1 is 1.60 bits per heavy atom. The van der Waals surface area contributed by atoms with Gasteiger partial charge in [-0.05, 0) is 41.6 Å². The van der Waals surface area contributed by atoms with Crippen LogP contribution in [-0.4, -0.2) is 46.8 Å². The van der Waals surface area contributed by atoms with E-state index in [9.17, 15) is 4.79 Å². The van der Waals surface area contributed by atoms with Gasteiger partial charge in [0.15, 0.2) is 5.69 Å². The summed E-state index contributed by atoms with van der Waals surface area (Å²) in [5.74, 6) is 0.278. The number of amides is 1. The molecule has 0 aliphatic carbocycles. The van der Waals surface area contributed by atoms with Gasteiger partial charge in [-0.15, -0.1) is 0 Å². The largest absolute Gasteiger partial charge is 0.377 e. The van der Waals surface area contributed by atoms with E-state index in [1.54, 1.807) is 0 Å². The van der Waals surface area contributed by atoms with Crippen molar-refractivity contribution in [2.45, 2.75) is 45.6 Å². The van der Waals surface area contributed by atoms with Gasteiger partial charge in [0, 0.05) is 19.7 Å². The van der Waals surface area contributed by atoms with Crippen molar-refractivity contribution in [3.63, 3.8) is 0 Å². The highest BCUT2D eigenvalue weighted by molar-refractivity contribution is 9.10. The topological polar surface area (TPSA) is 58.2 Å². The summed E-state index contributed by atoms with van der Waals surface area (Å²) in [6.07, 6.45) is 2.16. The van der Waals surface area contributed by atoms with Crippen molar-refractivity contribution in [1.29, 1.82) is 0 Å². The minimum atomic E-state index is -0.0237. The molecule has 20 heavy (non-hydrogen) atoms. The third-order valence-electron chi connectivity index (χ3n) is 3.58. The first-order valence-corrected chi connectivity index (χ1v) is 7.98. The Hall–Kier alpha value is -0.880. The quantitative estimate of drug-likeness (QED) is 0.914. The minimum absolute atomic E-state index is 0.0237. The van der Waals surface area contributed by atoms with Gasteiger partial charge in [-0.25, -0.2) is 0 Å². The van der Waals surface area contributed by atoms with Crippen molar-refractivity contribution in [3.8, 4) is 0 Å². The lowest BCUT2D eigenvalue weighted by Gasteiger charge is -2.32. The van der Waals surface area contributed by atoms with Crippen LogP contribution in [0.25, 0.3) is 0 Å². The van der Waals surface area contributed by atoms with E-state index in [-0.39, 0.29) is 12.0 Å². The molecule has 1 aromatic rings. The number of ether oxygens (including phenoxy) is 1. The van der Waals surface area contributed by atoms with Crippen molar-refractivity contribution in [1.82, 2.24) is 15.1 Å². The average molecular weight is 344 g/mol. The fraction of sp³-hybridized carbons (Fsp3) is 0.714. The number of hydrogen-bond donors (Lipinski definition) is 1. The van der Waals surface area contributed by atoms with E-state index in [4.69, 9.17) is 4.74 Å². The molecule has 1 aromatic heterocycles. The lowest BCUT2D eigenvalue weighted by atomic mass is 10.1. The number of nitrogens with one attached hydrogen (secondary N) is 1. The molecule has 0 saturated carbocycles. The first-order chi connectivity index (χ1) is 9.54. The Labute approximate surface area is 128 Å². The van der Waals surface area contributed by atoms with Crippen molar-refractivity contribution in [2.24, 2.45) is 0 Å². The van der Waals surface area contributed by atoms with E-state index >= 15 is 0 Å². The summed E-state index contributed by atoms with van der Waals surface area (Å²) in [5.41, 5.74) is 1.44. The number of carbonyl (C=O) groups excluding carboxylic acids is 1. The molecule has 1 fully saturated rings. The summed E-state index contributed by atoms with van der Waals surface area (Å²) in [5, 5.41) is 7.13. The van der Waals surface area contributed by atoms with Crippen LogP contribution < -0.4 is 0 Å². The third kappa shape index (κ3) is 3.23. The molecule has 5 nitrogen and oxygen atoms in total. The number of rotatable bonds is 4. The van der Waals surface area contributed by atoms with Crippen LogP contribution in [0.5, 0.6) is 0 Å². The van der Waals surface area contributed by atoms with Gasteiger partial charge in [-0.2, -0.15) is 5.10 Å². The van der Waals surface area contributed by atoms with E-state index < -0.39 is 0 Å². The van der Waals surface area contributed by atoms with Gasteiger partial charge in [0.25, 0.3) is 5.91 Å². The summed E-state index contributed by atoms with van der Waals surface area (Å²) in [6, 6.07) is 0. The second-order valence-electron chi connectivity index (χ2n) is 5.43. The Morgan fingerprint density at radius 3 is 2.95 bits per heavy atom. The second-order valence-corrected chi connectivity index (χ2v) is 6.22. The number of nitrogens with zero attached hydrogens (tertiary/aromatic N) is 2. The molecular formula is C14H22BrN3O2. The van der Waals surface area contributed by atoms with Gasteiger partial charge in [-0.1, -0.05) is 13.8 Å². The molecule has 6 heteroatoms. The number of H-pyrrole nitrogens is 1. The first kappa shape index (κ1) is 15.5. The van der Waals surface area contributed by atoms with Crippen molar-refractivity contribution < 1.29 is 9.53 Å². The zero-order chi connectivity index (χ0) is 14.7. The molecule has 0 bridgehead atoms. The Kier molecular flexibility index (Phi) is 5.21. The van der Waals surface area contributed by atoms with E-state index in [2.05, 4.69) is 40.0 Å². The van der Waals surface area contributed by atoms with Crippen LogP contribution in [-0.2, 0) is 4.74 Å². The number of aromatic amines is 1. The average Bonchev–Trinajstić information content (AvgIpc) is 2.80. The van der Waals surface area contributed by atoms with Crippen molar-refractivity contribution in [3.05, 3.63) is 15.9 Å². The number of likely N-dealkylation sites (tertiary alicyclic amines) is 1. The molecule has 1 saturated heterocycles. The van der Waals surface area contributed by atoms with Crippen LogP contribution in [0.1, 0.15) is 55.7 Å². The van der Waals surface area contributed by atoms with Gasteiger partial charge in [0.05, 0.1) is 16.3 Å². The zero-order valence-electron chi connectivity index (χ0n) is 12.3. The molecule has 0 spiro atoms. The molecule has 1 aliphatic heterocycles. The molecule has 0 radical (unpaired) electrons. The SMILES string of the molecule is CCO[C@@H]1CCCN(C(=O)c2n[nH]c(C(C)C)c2Br)C1. The summed E-state index contributed by atoms with van der Waals surface area (Å²) < 4.78 is 6.43. The van der Waals surface area contributed by atoms with Crippen LogP contribution in [0.2, 0.25) is 0 Å². The smallest absolute Gasteiger partial charge is 0.275 e. The maximum Gasteiger partial charge on any atom is 0.275 e. The highest BCUT2D eigenvalue weighted by Gasteiger charge is 2.28. The minimum Gasteiger partial charge on any atom is -0.377 e. The van der Waals surface area contributed by atoms with Crippen LogP contribution in [0, 0.1) is 0 Å². The van der Waals surface area contributed by atoms with Crippen molar-refractivity contribution >= 4 is 21.8 Å². The normalized spacial score (nSPS) is 19.6. The molecule has 2 heterocycles. The van der Waals surface area contributed by atoms with Crippen molar-refractivity contribution in [2.75, 3.05) is 19.7 Å². The molecule has 112 valence electrons.